The Bertz CT molecular complexity index is 98.6. The van der Waals surface area contributed by atoms with Gasteiger partial charge in [-0.15, -0.1) is 0 Å². The monoisotopic (exact) mass is 124 g/mol. The molecule has 0 heterocycles. The molecule has 0 fully saturated rings. The van der Waals surface area contributed by atoms with E-state index in [0.29, 0.717) is 0 Å². The van der Waals surface area contributed by atoms with Gasteiger partial charge in [-0.2, -0.15) is 0 Å². The molecule has 0 heteroatoms. The van der Waals surface area contributed by atoms with Crippen molar-refractivity contribution in [3.8, 4) is 0 Å². The summed E-state index contributed by atoms with van der Waals surface area (Å²) in [5, 5.41) is 0. The first kappa shape index (κ1) is 8.48. The van der Waals surface area contributed by atoms with Crippen molar-refractivity contribution in [2.45, 2.75) is 33.1 Å². The van der Waals surface area contributed by atoms with Gasteiger partial charge >= 0.3 is 0 Å². The number of hydrogen-bond donors (Lipinski definition) is 0. The average Bonchev–Trinajstić information content (AvgIpc) is 1.85. The largest absolute Gasteiger partial charge is 0.0991 e. The van der Waals surface area contributed by atoms with Crippen LogP contribution in [0.5, 0.6) is 0 Å². The van der Waals surface area contributed by atoms with E-state index in [2.05, 4.69) is 26.5 Å². The summed E-state index contributed by atoms with van der Waals surface area (Å²) in [4.78, 5) is 0. The molecule has 0 aliphatic carbocycles. The van der Waals surface area contributed by atoms with Crippen LogP contribution in [0, 0.1) is 0 Å². The number of hydrogen-bond acceptors (Lipinski definition) is 0. The van der Waals surface area contributed by atoms with E-state index in [9.17, 15) is 0 Å². The van der Waals surface area contributed by atoms with E-state index in [1.807, 2.05) is 6.08 Å². The van der Waals surface area contributed by atoms with Crippen LogP contribution in [-0.2, 0) is 0 Å². The second kappa shape index (κ2) is 5.61. The summed E-state index contributed by atoms with van der Waals surface area (Å²) < 4.78 is 0. The number of unbranched alkanes of at least 4 members (excludes halogenated alkanes) is 1. The SMILES string of the molecule is C=CC=C(C)CCCC. The highest BCUT2D eigenvalue weighted by Gasteiger charge is 1.84. The summed E-state index contributed by atoms with van der Waals surface area (Å²) >= 11 is 0. The van der Waals surface area contributed by atoms with Crippen molar-refractivity contribution < 1.29 is 0 Å². The van der Waals surface area contributed by atoms with Crippen LogP contribution >= 0.6 is 0 Å². The van der Waals surface area contributed by atoms with Gasteiger partial charge in [-0.1, -0.05) is 37.6 Å². The van der Waals surface area contributed by atoms with Crippen molar-refractivity contribution in [3.05, 3.63) is 24.3 Å². The molecule has 0 aromatic heterocycles. The maximum atomic E-state index is 3.63. The van der Waals surface area contributed by atoms with Crippen LogP contribution in [0.25, 0.3) is 0 Å². The molecule has 0 saturated carbocycles. The summed E-state index contributed by atoms with van der Waals surface area (Å²) in [6.45, 7) is 7.99. The van der Waals surface area contributed by atoms with Crippen LogP contribution in [-0.4, -0.2) is 0 Å². The third-order valence-corrected chi connectivity index (χ3v) is 1.33. The Kier molecular flexibility index (Phi) is 5.29. The van der Waals surface area contributed by atoms with Gasteiger partial charge in [0, 0.05) is 0 Å². The van der Waals surface area contributed by atoms with E-state index < -0.39 is 0 Å². The fourth-order valence-electron chi connectivity index (χ4n) is 0.740. The second-order valence-electron chi connectivity index (χ2n) is 2.35. The lowest BCUT2D eigenvalue weighted by molar-refractivity contribution is 0.787. The van der Waals surface area contributed by atoms with Gasteiger partial charge in [0.1, 0.15) is 0 Å². The third kappa shape index (κ3) is 5.35. The van der Waals surface area contributed by atoms with Crippen molar-refractivity contribution in [1.29, 1.82) is 0 Å². The first-order valence-electron chi connectivity index (χ1n) is 3.59. The quantitative estimate of drug-likeness (QED) is 0.504. The van der Waals surface area contributed by atoms with E-state index in [0.717, 1.165) is 0 Å². The highest BCUT2D eigenvalue weighted by molar-refractivity contribution is 5.07. The molecular weight excluding hydrogens is 108 g/mol. The Labute approximate surface area is 58.3 Å². The molecule has 0 aliphatic heterocycles. The molecular formula is C9H16. The summed E-state index contributed by atoms with van der Waals surface area (Å²) in [6.07, 6.45) is 7.74. The van der Waals surface area contributed by atoms with Crippen LogP contribution in [0.3, 0.4) is 0 Å². The first-order valence-corrected chi connectivity index (χ1v) is 3.59. The zero-order valence-electron chi connectivity index (χ0n) is 6.48. The lowest BCUT2D eigenvalue weighted by Crippen LogP contribution is -1.74. The topological polar surface area (TPSA) is 0 Å². The predicted molar refractivity (Wildman–Crippen MR) is 43.5 cm³/mol. The van der Waals surface area contributed by atoms with Gasteiger partial charge in [0.15, 0.2) is 0 Å². The molecule has 0 aliphatic rings. The first-order chi connectivity index (χ1) is 4.31. The molecule has 0 spiro atoms. The summed E-state index contributed by atoms with van der Waals surface area (Å²) in [7, 11) is 0. The summed E-state index contributed by atoms with van der Waals surface area (Å²) in [5.74, 6) is 0. The Balaban J connectivity index is 3.36. The highest BCUT2D eigenvalue weighted by atomic mass is 13.9. The van der Waals surface area contributed by atoms with Gasteiger partial charge in [-0.3, -0.25) is 0 Å². The lowest BCUT2D eigenvalue weighted by atomic mass is 10.1. The zero-order valence-corrected chi connectivity index (χ0v) is 6.48. The van der Waals surface area contributed by atoms with E-state index in [1.54, 1.807) is 0 Å². The summed E-state index contributed by atoms with van der Waals surface area (Å²) in [6, 6.07) is 0. The molecule has 0 atom stereocenters. The van der Waals surface area contributed by atoms with Crippen molar-refractivity contribution in [1.82, 2.24) is 0 Å². The molecule has 9 heavy (non-hydrogen) atoms. The maximum Gasteiger partial charge on any atom is -0.0320 e. The van der Waals surface area contributed by atoms with Crippen molar-refractivity contribution in [2.24, 2.45) is 0 Å². The van der Waals surface area contributed by atoms with Crippen molar-refractivity contribution in [3.63, 3.8) is 0 Å². The molecule has 0 unspecified atom stereocenters. The van der Waals surface area contributed by atoms with Gasteiger partial charge in [-0.05, 0) is 19.8 Å². The molecule has 0 nitrogen and oxygen atoms in total. The van der Waals surface area contributed by atoms with Crippen LogP contribution in [0.1, 0.15) is 33.1 Å². The molecule has 0 rings (SSSR count). The number of rotatable bonds is 4. The Morgan fingerprint density at radius 3 is 2.67 bits per heavy atom. The molecule has 0 amide bonds. The van der Waals surface area contributed by atoms with Crippen LogP contribution in [0.4, 0.5) is 0 Å². The third-order valence-electron chi connectivity index (χ3n) is 1.33. The minimum atomic E-state index is 1.22. The molecule has 0 saturated heterocycles. The van der Waals surface area contributed by atoms with Gasteiger partial charge < -0.3 is 0 Å². The number of allylic oxidation sites excluding steroid dienone is 3. The fraction of sp³-hybridized carbons (Fsp3) is 0.556. The molecule has 0 N–H and O–H groups in total. The molecule has 0 radical (unpaired) electrons. The smallest absolute Gasteiger partial charge is 0.0320 e. The van der Waals surface area contributed by atoms with Crippen LogP contribution in [0.2, 0.25) is 0 Å². The fourth-order valence-corrected chi connectivity index (χ4v) is 0.740. The van der Waals surface area contributed by atoms with Crippen LogP contribution < -0.4 is 0 Å². The van der Waals surface area contributed by atoms with E-state index in [4.69, 9.17) is 0 Å². The highest BCUT2D eigenvalue weighted by Crippen LogP contribution is 2.04. The van der Waals surface area contributed by atoms with Crippen molar-refractivity contribution >= 4 is 0 Å². The Hall–Kier alpha value is -0.520. The normalized spacial score (nSPS) is 11.6. The van der Waals surface area contributed by atoms with Gasteiger partial charge in [0.05, 0.1) is 0 Å². The minimum absolute atomic E-state index is 1.22. The predicted octanol–water partition coefficient (Wildman–Crippen LogP) is 3.31. The zero-order chi connectivity index (χ0) is 7.11. The maximum absolute atomic E-state index is 3.63. The Morgan fingerprint density at radius 2 is 2.22 bits per heavy atom. The molecule has 0 aromatic carbocycles. The van der Waals surface area contributed by atoms with Gasteiger partial charge in [0.2, 0.25) is 0 Å². The van der Waals surface area contributed by atoms with Crippen molar-refractivity contribution in [2.75, 3.05) is 0 Å². The van der Waals surface area contributed by atoms with Gasteiger partial charge in [-0.25, -0.2) is 0 Å². The lowest BCUT2D eigenvalue weighted by Gasteiger charge is -1.95. The molecule has 0 aromatic rings. The second-order valence-corrected chi connectivity index (χ2v) is 2.35. The van der Waals surface area contributed by atoms with E-state index >= 15 is 0 Å². The minimum Gasteiger partial charge on any atom is -0.0991 e. The van der Waals surface area contributed by atoms with Crippen LogP contribution in [0.15, 0.2) is 24.3 Å². The Morgan fingerprint density at radius 1 is 1.56 bits per heavy atom. The van der Waals surface area contributed by atoms with E-state index in [-0.39, 0.29) is 0 Å². The van der Waals surface area contributed by atoms with Gasteiger partial charge in [0.25, 0.3) is 0 Å². The van der Waals surface area contributed by atoms with E-state index in [1.165, 1.54) is 24.8 Å². The molecule has 0 bridgehead atoms. The summed E-state index contributed by atoms with van der Waals surface area (Å²) in [5.41, 5.74) is 1.44. The standard InChI is InChI=1S/C9H16/c1-4-6-8-9(3)7-5-2/h5,7H,2,4,6,8H2,1,3H3. The average molecular weight is 124 g/mol. The molecule has 52 valence electrons.